The van der Waals surface area contributed by atoms with Gasteiger partial charge in [-0.15, -0.1) is 11.3 Å². The van der Waals surface area contributed by atoms with E-state index in [1.165, 1.54) is 4.88 Å². The minimum Gasteiger partial charge on any atom is -0.496 e. The van der Waals surface area contributed by atoms with E-state index in [2.05, 4.69) is 16.4 Å². The van der Waals surface area contributed by atoms with E-state index in [9.17, 15) is 4.79 Å². The van der Waals surface area contributed by atoms with Gasteiger partial charge in [-0.3, -0.25) is 9.78 Å². The summed E-state index contributed by atoms with van der Waals surface area (Å²) in [5.41, 5.74) is 2.23. The maximum Gasteiger partial charge on any atom is 0.258 e. The number of carbonyl (C=O) groups excluding carboxylic acids is 1. The van der Waals surface area contributed by atoms with Crippen LogP contribution in [0.25, 0.3) is 0 Å². The molecule has 35 heavy (non-hydrogen) atoms. The first-order chi connectivity index (χ1) is 17.2. The van der Waals surface area contributed by atoms with Crippen molar-refractivity contribution in [2.75, 3.05) is 20.8 Å². The van der Waals surface area contributed by atoms with Gasteiger partial charge in [-0.2, -0.15) is 0 Å². The van der Waals surface area contributed by atoms with Crippen LogP contribution >= 0.6 is 11.3 Å². The van der Waals surface area contributed by atoms with E-state index in [-0.39, 0.29) is 5.91 Å². The average Bonchev–Trinajstić information content (AvgIpc) is 3.42. The lowest BCUT2D eigenvalue weighted by Crippen LogP contribution is -2.30. The molecule has 2 aromatic heterocycles. The minimum atomic E-state index is -0.136. The van der Waals surface area contributed by atoms with Crippen molar-refractivity contribution in [2.24, 2.45) is 0 Å². The van der Waals surface area contributed by atoms with Gasteiger partial charge in [0.2, 0.25) is 0 Å². The number of benzene rings is 2. The SMILES string of the molecule is COc1cc(CN(Cc2ccccn2)C(=O)c2ccccc2OC)ccc1OCCc1cccs1. The number of methoxy groups -OCH3 is 2. The van der Waals surface area contributed by atoms with Crippen LogP contribution in [0.4, 0.5) is 0 Å². The number of amides is 1. The molecule has 4 rings (SSSR count). The average molecular weight is 489 g/mol. The Hall–Kier alpha value is -3.84. The monoisotopic (exact) mass is 488 g/mol. The molecule has 0 bridgehead atoms. The number of carbonyl (C=O) groups is 1. The zero-order valence-corrected chi connectivity index (χ0v) is 20.7. The first-order valence-corrected chi connectivity index (χ1v) is 12.2. The Bertz CT molecular complexity index is 1230. The van der Waals surface area contributed by atoms with Gasteiger partial charge in [0, 0.05) is 24.0 Å². The molecule has 1 amide bonds. The molecule has 0 saturated heterocycles. The van der Waals surface area contributed by atoms with Gasteiger partial charge in [-0.1, -0.05) is 30.3 Å². The van der Waals surface area contributed by atoms with E-state index in [0.29, 0.717) is 42.5 Å². The summed E-state index contributed by atoms with van der Waals surface area (Å²) in [6.07, 6.45) is 2.57. The van der Waals surface area contributed by atoms with Crippen molar-refractivity contribution in [1.29, 1.82) is 0 Å². The molecule has 0 fully saturated rings. The molecule has 180 valence electrons. The van der Waals surface area contributed by atoms with E-state index in [0.717, 1.165) is 17.7 Å². The Morgan fingerprint density at radius 1 is 0.886 bits per heavy atom. The molecule has 0 saturated carbocycles. The fourth-order valence-corrected chi connectivity index (χ4v) is 4.44. The number of ether oxygens (including phenoxy) is 3. The van der Waals surface area contributed by atoms with E-state index in [1.807, 2.05) is 54.6 Å². The van der Waals surface area contributed by atoms with Gasteiger partial charge >= 0.3 is 0 Å². The number of pyridine rings is 1. The highest BCUT2D eigenvalue weighted by Crippen LogP contribution is 2.30. The summed E-state index contributed by atoms with van der Waals surface area (Å²) in [7, 11) is 3.19. The molecule has 2 heterocycles. The third kappa shape index (κ3) is 6.39. The van der Waals surface area contributed by atoms with Crippen molar-refractivity contribution in [1.82, 2.24) is 9.88 Å². The smallest absolute Gasteiger partial charge is 0.258 e. The van der Waals surface area contributed by atoms with E-state index >= 15 is 0 Å². The van der Waals surface area contributed by atoms with E-state index < -0.39 is 0 Å². The lowest BCUT2D eigenvalue weighted by atomic mass is 10.1. The Morgan fingerprint density at radius 2 is 1.71 bits per heavy atom. The van der Waals surface area contributed by atoms with Gasteiger partial charge in [0.15, 0.2) is 11.5 Å². The Kier molecular flexibility index (Phi) is 8.35. The van der Waals surface area contributed by atoms with Crippen molar-refractivity contribution in [2.45, 2.75) is 19.5 Å². The Balaban J connectivity index is 1.54. The lowest BCUT2D eigenvalue weighted by molar-refractivity contribution is 0.0724. The fraction of sp³-hybridized carbons (Fsp3) is 0.214. The molecule has 0 radical (unpaired) electrons. The zero-order valence-electron chi connectivity index (χ0n) is 19.8. The first kappa shape index (κ1) is 24.3. The quantitative estimate of drug-likeness (QED) is 0.274. The first-order valence-electron chi connectivity index (χ1n) is 11.3. The summed E-state index contributed by atoms with van der Waals surface area (Å²) in [5, 5.41) is 2.06. The summed E-state index contributed by atoms with van der Waals surface area (Å²) in [5.74, 6) is 1.72. The Morgan fingerprint density at radius 3 is 2.46 bits per heavy atom. The summed E-state index contributed by atoms with van der Waals surface area (Å²) in [4.78, 5) is 21.0. The second kappa shape index (κ2) is 12.0. The van der Waals surface area contributed by atoms with Gasteiger partial charge in [-0.25, -0.2) is 0 Å². The molecule has 0 aliphatic carbocycles. The van der Waals surface area contributed by atoms with Crippen LogP contribution in [0.1, 0.15) is 26.5 Å². The number of hydrogen-bond acceptors (Lipinski definition) is 6. The van der Waals surface area contributed by atoms with Crippen molar-refractivity contribution < 1.29 is 19.0 Å². The zero-order chi connectivity index (χ0) is 24.5. The van der Waals surface area contributed by atoms with Crippen LogP contribution in [0.3, 0.4) is 0 Å². The molecular formula is C28H28N2O4S. The van der Waals surface area contributed by atoms with Crippen LogP contribution in [0, 0.1) is 0 Å². The largest absolute Gasteiger partial charge is 0.496 e. The number of rotatable bonds is 11. The fourth-order valence-electron chi connectivity index (χ4n) is 3.74. The van der Waals surface area contributed by atoms with E-state index in [1.54, 1.807) is 48.8 Å². The van der Waals surface area contributed by atoms with Crippen molar-refractivity contribution >= 4 is 17.2 Å². The molecule has 4 aromatic rings. The van der Waals surface area contributed by atoms with Gasteiger partial charge in [-0.05, 0) is 53.4 Å². The minimum absolute atomic E-state index is 0.136. The van der Waals surface area contributed by atoms with Gasteiger partial charge in [0.25, 0.3) is 5.91 Å². The number of nitrogens with zero attached hydrogens (tertiary/aromatic N) is 2. The number of aromatic nitrogens is 1. The molecule has 0 N–H and O–H groups in total. The van der Waals surface area contributed by atoms with Crippen LogP contribution in [-0.4, -0.2) is 36.6 Å². The molecule has 7 heteroatoms. The molecule has 0 spiro atoms. The second-order valence-electron chi connectivity index (χ2n) is 7.85. The van der Waals surface area contributed by atoms with Crippen LogP contribution in [0.5, 0.6) is 17.2 Å². The predicted molar refractivity (Wildman–Crippen MR) is 137 cm³/mol. The lowest BCUT2D eigenvalue weighted by Gasteiger charge is -2.24. The van der Waals surface area contributed by atoms with Crippen LogP contribution < -0.4 is 14.2 Å². The standard InChI is InChI=1S/C28H28N2O4S/c1-32-25-11-4-3-10-24(25)28(31)30(20-22-8-5-6-15-29-22)19-21-12-13-26(27(18-21)33-2)34-16-14-23-9-7-17-35-23/h3-13,15,17-18H,14,16,19-20H2,1-2H3. The number of para-hydroxylation sites is 1. The molecule has 0 aliphatic rings. The molecular weight excluding hydrogens is 460 g/mol. The van der Waals surface area contributed by atoms with Gasteiger partial charge in [0.1, 0.15) is 5.75 Å². The summed E-state index contributed by atoms with van der Waals surface area (Å²) in [6.45, 7) is 1.30. The highest BCUT2D eigenvalue weighted by atomic mass is 32.1. The highest BCUT2D eigenvalue weighted by Gasteiger charge is 2.21. The summed E-state index contributed by atoms with van der Waals surface area (Å²) >= 11 is 1.72. The maximum atomic E-state index is 13.6. The van der Waals surface area contributed by atoms with E-state index in [4.69, 9.17) is 14.2 Å². The third-order valence-electron chi connectivity index (χ3n) is 5.49. The van der Waals surface area contributed by atoms with Crippen LogP contribution in [0.15, 0.2) is 84.4 Å². The molecule has 0 unspecified atom stereocenters. The predicted octanol–water partition coefficient (Wildman–Crippen LogP) is 5.62. The van der Waals surface area contributed by atoms with Gasteiger partial charge in [0.05, 0.1) is 38.6 Å². The van der Waals surface area contributed by atoms with Crippen molar-refractivity contribution in [3.63, 3.8) is 0 Å². The molecule has 0 aliphatic heterocycles. The maximum absolute atomic E-state index is 13.6. The van der Waals surface area contributed by atoms with Crippen LogP contribution in [-0.2, 0) is 19.5 Å². The summed E-state index contributed by atoms with van der Waals surface area (Å²) < 4.78 is 17.0. The molecule has 2 aromatic carbocycles. The topological polar surface area (TPSA) is 60.9 Å². The molecule has 0 atom stereocenters. The third-order valence-corrected chi connectivity index (χ3v) is 6.43. The number of hydrogen-bond donors (Lipinski definition) is 0. The second-order valence-corrected chi connectivity index (χ2v) is 8.88. The van der Waals surface area contributed by atoms with Crippen molar-refractivity contribution in [3.8, 4) is 17.2 Å². The van der Waals surface area contributed by atoms with Crippen molar-refractivity contribution in [3.05, 3.63) is 106 Å². The van der Waals surface area contributed by atoms with Crippen LogP contribution in [0.2, 0.25) is 0 Å². The van der Waals surface area contributed by atoms with Gasteiger partial charge < -0.3 is 19.1 Å². The summed E-state index contributed by atoms with van der Waals surface area (Å²) in [6, 6.07) is 22.9. The number of thiophene rings is 1. The normalized spacial score (nSPS) is 10.6. The molecule has 6 nitrogen and oxygen atoms in total. The highest BCUT2D eigenvalue weighted by molar-refractivity contribution is 7.09. The Labute approximate surface area is 209 Å².